The van der Waals surface area contributed by atoms with E-state index in [0.717, 1.165) is 25.7 Å². The topological polar surface area (TPSA) is 20.2 Å². The van der Waals surface area contributed by atoms with Crippen molar-refractivity contribution in [2.24, 2.45) is 0 Å². The van der Waals surface area contributed by atoms with Gasteiger partial charge < -0.3 is 5.11 Å². The molecular weight excluding hydrogens is 160 g/mol. The van der Waals surface area contributed by atoms with Crippen molar-refractivity contribution < 1.29 is 5.11 Å². The standard InChI is InChI=1S/C9H15ClO/c1-2-6-9(11)7-4-3-5-8(9)10/h2,8,11H,1,3-7H2/t8-,9+/m1/s1. The monoisotopic (exact) mass is 174 g/mol. The van der Waals surface area contributed by atoms with E-state index in [1.54, 1.807) is 6.08 Å². The highest BCUT2D eigenvalue weighted by atomic mass is 35.5. The van der Waals surface area contributed by atoms with Crippen LogP contribution in [0.5, 0.6) is 0 Å². The molecule has 0 spiro atoms. The van der Waals surface area contributed by atoms with Crippen molar-refractivity contribution in [1.29, 1.82) is 0 Å². The summed E-state index contributed by atoms with van der Waals surface area (Å²) < 4.78 is 0. The highest BCUT2D eigenvalue weighted by Gasteiger charge is 2.36. The number of alkyl halides is 1. The second-order valence-corrected chi connectivity index (χ2v) is 3.84. The average Bonchev–Trinajstić information content (AvgIpc) is 1.96. The Labute approximate surface area is 73.1 Å². The van der Waals surface area contributed by atoms with Crippen molar-refractivity contribution in [2.75, 3.05) is 0 Å². The van der Waals surface area contributed by atoms with Crippen molar-refractivity contribution >= 4 is 11.6 Å². The Morgan fingerprint density at radius 1 is 1.64 bits per heavy atom. The molecule has 64 valence electrons. The first kappa shape index (κ1) is 9.08. The van der Waals surface area contributed by atoms with E-state index in [0.29, 0.717) is 6.42 Å². The molecule has 11 heavy (non-hydrogen) atoms. The lowest BCUT2D eigenvalue weighted by Gasteiger charge is -2.35. The van der Waals surface area contributed by atoms with Crippen molar-refractivity contribution in [3.05, 3.63) is 12.7 Å². The Hall–Kier alpha value is -0.0100. The highest BCUT2D eigenvalue weighted by Crippen LogP contribution is 2.34. The lowest BCUT2D eigenvalue weighted by molar-refractivity contribution is 0.0113. The first-order valence-corrected chi connectivity index (χ1v) is 4.60. The molecule has 0 aliphatic heterocycles. The quantitative estimate of drug-likeness (QED) is 0.504. The molecule has 1 aliphatic rings. The predicted molar refractivity (Wildman–Crippen MR) is 47.9 cm³/mol. The van der Waals surface area contributed by atoms with Crippen LogP contribution in [-0.2, 0) is 0 Å². The van der Waals surface area contributed by atoms with E-state index in [9.17, 15) is 5.11 Å². The fourth-order valence-electron chi connectivity index (χ4n) is 1.66. The highest BCUT2D eigenvalue weighted by molar-refractivity contribution is 6.21. The summed E-state index contributed by atoms with van der Waals surface area (Å²) in [6.45, 7) is 3.62. The molecular formula is C9H15ClO. The van der Waals surface area contributed by atoms with E-state index in [4.69, 9.17) is 11.6 Å². The van der Waals surface area contributed by atoms with Gasteiger partial charge in [-0.2, -0.15) is 0 Å². The van der Waals surface area contributed by atoms with Gasteiger partial charge >= 0.3 is 0 Å². The van der Waals surface area contributed by atoms with Gasteiger partial charge in [-0.1, -0.05) is 18.9 Å². The van der Waals surface area contributed by atoms with E-state index in [1.807, 2.05) is 0 Å². The molecule has 0 aromatic rings. The summed E-state index contributed by atoms with van der Waals surface area (Å²) in [6, 6.07) is 0. The van der Waals surface area contributed by atoms with Crippen molar-refractivity contribution in [1.82, 2.24) is 0 Å². The van der Waals surface area contributed by atoms with Gasteiger partial charge in [0.15, 0.2) is 0 Å². The van der Waals surface area contributed by atoms with Gasteiger partial charge in [-0.3, -0.25) is 0 Å². The van der Waals surface area contributed by atoms with Gasteiger partial charge in [-0.15, -0.1) is 18.2 Å². The Morgan fingerprint density at radius 3 is 2.91 bits per heavy atom. The van der Waals surface area contributed by atoms with Crippen LogP contribution in [0.4, 0.5) is 0 Å². The molecule has 1 saturated carbocycles. The summed E-state index contributed by atoms with van der Waals surface area (Å²) >= 11 is 6.00. The second kappa shape index (κ2) is 3.59. The van der Waals surface area contributed by atoms with Crippen molar-refractivity contribution in [3.8, 4) is 0 Å². The Bertz CT molecular complexity index is 146. The Morgan fingerprint density at radius 2 is 2.36 bits per heavy atom. The number of hydrogen-bond donors (Lipinski definition) is 1. The second-order valence-electron chi connectivity index (χ2n) is 3.31. The Balaban J connectivity index is 2.56. The molecule has 2 heteroatoms. The van der Waals surface area contributed by atoms with E-state index < -0.39 is 5.60 Å². The molecule has 0 amide bonds. The molecule has 1 fully saturated rings. The molecule has 2 atom stereocenters. The fraction of sp³-hybridized carbons (Fsp3) is 0.778. The van der Waals surface area contributed by atoms with Crippen molar-refractivity contribution in [2.45, 2.75) is 43.1 Å². The minimum absolute atomic E-state index is 0.0748. The van der Waals surface area contributed by atoms with Gasteiger partial charge in [0.25, 0.3) is 0 Å². The minimum Gasteiger partial charge on any atom is -0.388 e. The summed E-state index contributed by atoms with van der Waals surface area (Å²) in [5.41, 5.74) is -0.665. The molecule has 0 heterocycles. The Kier molecular flexibility index (Phi) is 2.97. The van der Waals surface area contributed by atoms with E-state index >= 15 is 0 Å². The van der Waals surface area contributed by atoms with Crippen LogP contribution >= 0.6 is 11.6 Å². The molecule has 0 aromatic carbocycles. The first-order chi connectivity index (χ1) is 5.19. The van der Waals surface area contributed by atoms with Crippen LogP contribution in [0, 0.1) is 0 Å². The number of hydrogen-bond acceptors (Lipinski definition) is 1. The fourth-order valence-corrected chi connectivity index (χ4v) is 2.01. The van der Waals surface area contributed by atoms with E-state index in [-0.39, 0.29) is 5.38 Å². The van der Waals surface area contributed by atoms with Gasteiger partial charge in [-0.05, 0) is 19.3 Å². The van der Waals surface area contributed by atoms with Gasteiger partial charge in [0.1, 0.15) is 0 Å². The van der Waals surface area contributed by atoms with Crippen LogP contribution in [0.1, 0.15) is 32.1 Å². The molecule has 0 unspecified atom stereocenters. The summed E-state index contributed by atoms with van der Waals surface area (Å²) in [5.74, 6) is 0. The lowest BCUT2D eigenvalue weighted by atomic mass is 9.82. The predicted octanol–water partition coefficient (Wildman–Crippen LogP) is 2.48. The normalized spacial score (nSPS) is 38.5. The van der Waals surface area contributed by atoms with Crippen LogP contribution in [0.2, 0.25) is 0 Å². The van der Waals surface area contributed by atoms with Crippen LogP contribution in [0.25, 0.3) is 0 Å². The zero-order valence-corrected chi connectivity index (χ0v) is 7.48. The van der Waals surface area contributed by atoms with Crippen LogP contribution in [-0.4, -0.2) is 16.1 Å². The SMILES string of the molecule is C=CC[C@]1(O)CCCC[C@H]1Cl. The average molecular weight is 175 g/mol. The van der Waals surface area contributed by atoms with Gasteiger partial charge in [0, 0.05) is 0 Å². The molecule has 1 N–H and O–H groups in total. The molecule has 0 saturated heterocycles. The molecule has 1 nitrogen and oxygen atoms in total. The molecule has 0 radical (unpaired) electrons. The van der Waals surface area contributed by atoms with Gasteiger partial charge in [0.05, 0.1) is 11.0 Å². The maximum atomic E-state index is 9.94. The van der Waals surface area contributed by atoms with Gasteiger partial charge in [-0.25, -0.2) is 0 Å². The summed E-state index contributed by atoms with van der Waals surface area (Å²) in [5, 5.41) is 9.86. The summed E-state index contributed by atoms with van der Waals surface area (Å²) in [6.07, 6.45) is 6.38. The number of rotatable bonds is 2. The molecule has 0 aromatic heterocycles. The zero-order valence-electron chi connectivity index (χ0n) is 6.72. The third kappa shape index (κ3) is 1.97. The summed E-state index contributed by atoms with van der Waals surface area (Å²) in [4.78, 5) is 0. The smallest absolute Gasteiger partial charge is 0.0844 e. The number of halogens is 1. The minimum atomic E-state index is -0.665. The van der Waals surface area contributed by atoms with E-state index in [1.165, 1.54) is 0 Å². The lowest BCUT2D eigenvalue weighted by Crippen LogP contribution is -2.41. The molecule has 1 aliphatic carbocycles. The van der Waals surface area contributed by atoms with Crippen LogP contribution < -0.4 is 0 Å². The molecule has 0 bridgehead atoms. The third-order valence-electron chi connectivity index (χ3n) is 2.40. The van der Waals surface area contributed by atoms with E-state index in [2.05, 4.69) is 6.58 Å². The first-order valence-electron chi connectivity index (χ1n) is 4.16. The van der Waals surface area contributed by atoms with Gasteiger partial charge in [0.2, 0.25) is 0 Å². The summed E-state index contributed by atoms with van der Waals surface area (Å²) in [7, 11) is 0. The van der Waals surface area contributed by atoms with Crippen LogP contribution in [0.15, 0.2) is 12.7 Å². The molecule has 1 rings (SSSR count). The zero-order chi connectivity index (χ0) is 8.32. The third-order valence-corrected chi connectivity index (χ3v) is 3.02. The number of aliphatic hydroxyl groups is 1. The maximum absolute atomic E-state index is 9.94. The van der Waals surface area contributed by atoms with Crippen molar-refractivity contribution in [3.63, 3.8) is 0 Å². The maximum Gasteiger partial charge on any atom is 0.0844 e. The largest absolute Gasteiger partial charge is 0.388 e. The van der Waals surface area contributed by atoms with Crippen LogP contribution in [0.3, 0.4) is 0 Å².